The number of hydrogen-bond donors (Lipinski definition) is 11. The third-order valence-corrected chi connectivity index (χ3v) is 22.5. The summed E-state index contributed by atoms with van der Waals surface area (Å²) in [5.41, 5.74) is -1.15. The van der Waals surface area contributed by atoms with E-state index in [0.717, 1.165) is 12.8 Å². The van der Waals surface area contributed by atoms with Crippen LogP contribution in [-0.2, 0) is 62.1 Å². The molecule has 7 amide bonds. The number of aliphatic hydroxyl groups is 4. The van der Waals surface area contributed by atoms with Crippen LogP contribution in [0.4, 0.5) is 18.4 Å². The van der Waals surface area contributed by atoms with Gasteiger partial charge in [-0.3, -0.25) is 43.2 Å². The monoisotopic (exact) mass is 1400 g/mol. The number of ketones is 4. The summed E-state index contributed by atoms with van der Waals surface area (Å²) in [6, 6.07) is -1.32. The number of ether oxygens (including phenoxy) is 4. The van der Waals surface area contributed by atoms with Gasteiger partial charge in [-0.25, -0.2) is 18.4 Å². The van der Waals surface area contributed by atoms with Gasteiger partial charge in [0.15, 0.2) is 36.1 Å². The molecule has 8 rings (SSSR count). The van der Waals surface area contributed by atoms with E-state index >= 15 is 8.78 Å². The van der Waals surface area contributed by atoms with Crippen LogP contribution in [-0.4, -0.2) is 193 Å². The van der Waals surface area contributed by atoms with Crippen LogP contribution in [0.5, 0.6) is 0 Å². The number of alkyl halides is 2. The fourth-order valence-corrected chi connectivity index (χ4v) is 17.5. The van der Waals surface area contributed by atoms with Crippen molar-refractivity contribution in [1.82, 2.24) is 26.6 Å². The van der Waals surface area contributed by atoms with E-state index in [1.54, 1.807) is 89.1 Å². The lowest BCUT2D eigenvalue weighted by molar-refractivity contribution is -0.219. The predicted octanol–water partition coefficient (Wildman–Crippen LogP) is 4.64. The molecule has 18 atom stereocenters. The number of methoxy groups -OCH3 is 2. The van der Waals surface area contributed by atoms with Crippen LogP contribution in [0.15, 0.2) is 47.6 Å². The molecule has 0 aromatic rings. The second-order valence-electron chi connectivity index (χ2n) is 28.7. The van der Waals surface area contributed by atoms with Crippen molar-refractivity contribution in [1.29, 1.82) is 0 Å². The predicted molar refractivity (Wildman–Crippen MR) is 361 cm³/mol. The smallest absolute Gasteiger partial charge is 0.407 e. The summed E-state index contributed by atoms with van der Waals surface area (Å²) >= 11 is 0. The Hall–Kier alpha value is -6.85. The van der Waals surface area contributed by atoms with Crippen LogP contribution < -0.4 is 38.1 Å². The largest absolute Gasteiger partial charge is 0.441 e. The number of nitrogens with one attached hydrogen (secondary N) is 5. The van der Waals surface area contributed by atoms with Gasteiger partial charge in [0.2, 0.25) is 41.1 Å². The molecule has 0 heterocycles. The first-order chi connectivity index (χ1) is 46.2. The molecule has 0 aromatic heterocycles. The minimum Gasteiger partial charge on any atom is -0.441 e. The minimum atomic E-state index is -2.08. The zero-order valence-corrected chi connectivity index (χ0v) is 60.2. The number of primary amides is 2. The molecule has 0 unspecified atom stereocenters. The van der Waals surface area contributed by atoms with Gasteiger partial charge in [-0.15, -0.1) is 0 Å². The summed E-state index contributed by atoms with van der Waals surface area (Å²) < 4.78 is 53.3. The molecule has 0 aliphatic heterocycles. The Morgan fingerprint density at radius 3 is 1.34 bits per heavy atom. The zero-order valence-electron chi connectivity index (χ0n) is 60.2. The molecule has 0 radical (unpaired) electrons. The van der Waals surface area contributed by atoms with Crippen molar-refractivity contribution >= 4 is 64.9 Å². The molecule has 6 fully saturated rings. The minimum absolute atomic E-state index is 0.0349. The SMILES string of the molecule is CC(=O)N[C@@H](CCCCNC(=O)OCC(=O)[C@@]1(O)[C@H](C)C[C@H]2[C@@H]3CCC4=CC(=O)C=C[C@]4(C)[C@@]3(F)[C@@H](O)C[C@@]21C)C(N)=O.CCCCNC(=O)CCNC(=O)OCC(=O)[C@@]1(O)[C@H](C)C[C@H]2[C@@H]3CCC4=CC(=O)C=C[C@]4(C)[C@@]3(F)[C@@H](O)C[C@@]21C.CC[C@H](NC(C)=O)C(N)=O.COC.COC. The first-order valence-corrected chi connectivity index (χ1v) is 34.3. The molecule has 13 N–H and O–H groups in total. The first kappa shape index (κ1) is 84.6. The first-order valence-electron chi connectivity index (χ1n) is 34.3. The second kappa shape index (κ2) is 35.2. The maximum Gasteiger partial charge on any atom is 0.407 e. The quantitative estimate of drug-likeness (QED) is 0.0658. The van der Waals surface area contributed by atoms with Crippen molar-refractivity contribution < 1.29 is 101 Å². The van der Waals surface area contributed by atoms with Gasteiger partial charge in [-0.05, 0) is 145 Å². The average molecular weight is 1400 g/mol. The molecule has 6 saturated carbocycles. The number of rotatable bonds is 22. The van der Waals surface area contributed by atoms with Crippen LogP contribution in [0.1, 0.15) is 166 Å². The standard InChI is InChI=1S/C31H44FN3O8.C30H43FN2O7.C6H12N2O2.2C2H6O/c1-17-13-22-21-9-8-19-14-20(37)10-11-28(19,3)30(21,32)24(38)15-29(22,4)31(17,42)25(39)16-43-27(41)34-12-6-5-7-23(26(33)40)35-18(2)36;1-5-6-12-32-25(37)10-13-33-26(38)40-17-24(36)30(39)18(2)14-22-21-8-7-19-15-20(34)9-11-27(19,3)29(21,31)23(35)16-28(22,30)4;1-3-5(6(7)10)8-4(2)9;2*1-3-2/h10-11,14,17,21-24,38,42H,5-9,12-13,15-16H2,1-4H3,(H2,33,40)(H,34,41)(H,35,36);9,11,15,18,21-23,35,39H,5-8,10,12-14,16-17H2,1-4H3,(H,32,37)(H,33,38);5H,3H2,1-2H3,(H2,7,10)(H,8,9);2*1-2H3/t17-,21+,22+,23+,24+,28+,29+,30+,31+;18-,21+,22+,23+,27+,28+,29+,30+;5-;;/m110../s1. The zero-order chi connectivity index (χ0) is 75.0. The average Bonchev–Trinajstić information content (AvgIpc) is 1.62. The van der Waals surface area contributed by atoms with Crippen molar-refractivity contribution in [3.63, 3.8) is 0 Å². The highest BCUT2D eigenvalue weighted by atomic mass is 19.1. The lowest BCUT2D eigenvalue weighted by Gasteiger charge is -2.62. The number of hydrogen-bond acceptors (Lipinski definition) is 19. The van der Waals surface area contributed by atoms with E-state index in [1.165, 1.54) is 38.2 Å². The van der Waals surface area contributed by atoms with E-state index in [-0.39, 0.29) is 61.6 Å². The van der Waals surface area contributed by atoms with Gasteiger partial charge in [0, 0.05) is 102 Å². The van der Waals surface area contributed by atoms with Gasteiger partial charge < -0.3 is 77.4 Å². The summed E-state index contributed by atoms with van der Waals surface area (Å²) in [7, 11) is 6.50. The molecule has 26 nitrogen and oxygen atoms in total. The Bertz CT molecular complexity index is 3090. The van der Waals surface area contributed by atoms with Crippen LogP contribution >= 0.6 is 0 Å². The number of aliphatic hydroxyl groups excluding tert-OH is 2. The maximum absolute atomic E-state index is 17.3. The van der Waals surface area contributed by atoms with Gasteiger partial charge in [-0.2, -0.15) is 0 Å². The summed E-state index contributed by atoms with van der Waals surface area (Å²) in [4.78, 5) is 131. The highest BCUT2D eigenvalue weighted by Gasteiger charge is 2.77. The third kappa shape index (κ3) is 17.4. The number of Topliss-reactive ketones (excluding diaryl/α,β-unsaturated/α-hetero) is 2. The van der Waals surface area contributed by atoms with Crippen molar-refractivity contribution in [2.45, 2.75) is 212 Å². The molecule has 28 heteroatoms. The number of carbonyl (C=O) groups is 11. The number of amides is 7. The van der Waals surface area contributed by atoms with Crippen LogP contribution in [0.25, 0.3) is 0 Å². The molecule has 0 spiro atoms. The van der Waals surface area contributed by atoms with Crippen LogP contribution in [0.3, 0.4) is 0 Å². The normalized spacial score (nSPS) is 34.5. The fraction of sp³-hybridized carbons (Fsp3) is 0.732. The number of carbonyl (C=O) groups excluding carboxylic acids is 11. The van der Waals surface area contributed by atoms with Gasteiger partial charge in [0.1, 0.15) is 23.3 Å². The lowest BCUT2D eigenvalue weighted by Crippen LogP contribution is -2.69. The molecule has 0 saturated heterocycles. The highest BCUT2D eigenvalue weighted by molar-refractivity contribution is 6.02. The van der Waals surface area contributed by atoms with E-state index in [1.807, 2.05) is 6.92 Å². The summed E-state index contributed by atoms with van der Waals surface area (Å²) in [5, 5.41) is 59.4. The summed E-state index contributed by atoms with van der Waals surface area (Å²) in [6.07, 6.45) is 9.82. The maximum atomic E-state index is 17.3. The Morgan fingerprint density at radius 2 is 0.980 bits per heavy atom. The Kier molecular flexibility index (Phi) is 30.0. The van der Waals surface area contributed by atoms with E-state index in [9.17, 15) is 73.2 Å². The van der Waals surface area contributed by atoms with E-state index < -0.39 is 153 Å². The third-order valence-electron chi connectivity index (χ3n) is 22.5. The lowest BCUT2D eigenvalue weighted by atomic mass is 9.44. The Balaban J connectivity index is 0.000000345. The number of allylic oxidation sites excluding steroid dienone is 8. The van der Waals surface area contributed by atoms with Gasteiger partial charge in [0.25, 0.3) is 0 Å². The topological polar surface area (TPSA) is 418 Å². The van der Waals surface area contributed by atoms with Gasteiger partial charge >= 0.3 is 12.2 Å². The molecule has 0 bridgehead atoms. The number of fused-ring (bicyclic) bond motifs is 10. The van der Waals surface area contributed by atoms with Crippen molar-refractivity contribution in [3.8, 4) is 0 Å². The Labute approximate surface area is 580 Å². The summed E-state index contributed by atoms with van der Waals surface area (Å²) in [6.45, 7) is 16.2. The van der Waals surface area contributed by atoms with E-state index in [0.29, 0.717) is 81.9 Å². The molecule has 8 aliphatic rings. The Morgan fingerprint density at radius 1 is 0.596 bits per heavy atom. The van der Waals surface area contributed by atoms with Crippen molar-refractivity contribution in [2.24, 2.45) is 68.6 Å². The number of nitrogens with two attached hydrogens (primary N) is 2. The number of halogens is 2. The fourth-order valence-electron chi connectivity index (χ4n) is 17.5. The molecular formula is C71H111F2N7O19. The van der Waals surface area contributed by atoms with Crippen molar-refractivity contribution in [2.75, 3.05) is 61.3 Å². The van der Waals surface area contributed by atoms with Crippen LogP contribution in [0, 0.1) is 57.2 Å². The van der Waals surface area contributed by atoms with Gasteiger partial charge in [-0.1, -0.05) is 71.3 Å². The molecule has 8 aliphatic carbocycles. The molecule has 0 aromatic carbocycles. The molecular weight excluding hydrogens is 1290 g/mol. The van der Waals surface area contributed by atoms with Crippen LogP contribution in [0.2, 0.25) is 0 Å². The van der Waals surface area contributed by atoms with E-state index in [4.69, 9.17) is 20.9 Å². The number of unbranched alkanes of at least 4 members (excludes halogenated alkanes) is 2. The van der Waals surface area contributed by atoms with Crippen molar-refractivity contribution in [3.05, 3.63) is 47.6 Å². The molecule has 558 valence electrons. The second-order valence-corrected chi connectivity index (χ2v) is 28.7. The number of alkyl carbamates (subject to hydrolysis) is 2. The summed E-state index contributed by atoms with van der Waals surface area (Å²) in [5.74, 6) is -7.02. The van der Waals surface area contributed by atoms with Gasteiger partial charge in [0.05, 0.1) is 12.2 Å². The molecule has 99 heavy (non-hydrogen) atoms. The van der Waals surface area contributed by atoms with E-state index in [2.05, 4.69) is 36.1 Å². The highest BCUT2D eigenvalue weighted by Crippen LogP contribution is 2.72.